The Labute approximate surface area is 94.6 Å². The average Bonchev–Trinajstić information content (AvgIpc) is 2.27. The van der Waals surface area contributed by atoms with Gasteiger partial charge in [-0.25, -0.2) is 0 Å². The lowest BCUT2D eigenvalue weighted by Gasteiger charge is -2.02. The van der Waals surface area contributed by atoms with Gasteiger partial charge in [-0.2, -0.15) is 0 Å². The number of fused-ring (bicyclic) bond motifs is 1. The monoisotopic (exact) mass is 211 g/mol. The molecule has 0 atom stereocenters. The van der Waals surface area contributed by atoms with E-state index < -0.39 is 0 Å². The van der Waals surface area contributed by atoms with Crippen LogP contribution < -0.4 is 0 Å². The van der Waals surface area contributed by atoms with Crippen LogP contribution in [0.4, 0.5) is 0 Å². The van der Waals surface area contributed by atoms with Crippen LogP contribution in [0.15, 0.2) is 48.3 Å². The summed E-state index contributed by atoms with van der Waals surface area (Å²) in [4.78, 5) is 16.0. The van der Waals surface area contributed by atoms with E-state index >= 15 is 0 Å². The van der Waals surface area contributed by atoms with Crippen LogP contribution in [0.3, 0.4) is 0 Å². The second kappa shape index (κ2) is 4.27. The van der Waals surface area contributed by atoms with Crippen LogP contribution in [-0.4, -0.2) is 10.8 Å². The highest BCUT2D eigenvalue weighted by Gasteiger charge is 2.06. The fraction of sp³-hybridized carbons (Fsp3) is 0.143. The summed E-state index contributed by atoms with van der Waals surface area (Å²) in [6.45, 7) is 3.84. The molecule has 80 valence electrons. The minimum atomic E-state index is 0.0526. The third-order valence-corrected chi connectivity index (χ3v) is 2.37. The summed E-state index contributed by atoms with van der Waals surface area (Å²) in [6.07, 6.45) is 5.14. The zero-order valence-corrected chi connectivity index (χ0v) is 9.40. The van der Waals surface area contributed by atoms with Crippen molar-refractivity contribution in [3.05, 3.63) is 53.9 Å². The molecule has 0 spiro atoms. The van der Waals surface area contributed by atoms with E-state index in [-0.39, 0.29) is 5.78 Å². The number of benzene rings is 1. The number of carbonyl (C=O) groups is 1. The second-order valence-corrected chi connectivity index (χ2v) is 3.99. The Morgan fingerprint density at radius 3 is 2.81 bits per heavy atom. The zero-order valence-electron chi connectivity index (χ0n) is 9.40. The Morgan fingerprint density at radius 2 is 2.06 bits per heavy atom. The van der Waals surface area contributed by atoms with Crippen molar-refractivity contribution in [3.63, 3.8) is 0 Å². The van der Waals surface area contributed by atoms with Crippen LogP contribution in [0.1, 0.15) is 24.2 Å². The highest BCUT2D eigenvalue weighted by Crippen LogP contribution is 2.18. The van der Waals surface area contributed by atoms with E-state index in [0.717, 1.165) is 21.9 Å². The number of aromatic nitrogens is 1. The molecule has 1 aromatic carbocycles. The van der Waals surface area contributed by atoms with Gasteiger partial charge in [-0.3, -0.25) is 9.78 Å². The van der Waals surface area contributed by atoms with Gasteiger partial charge in [-0.05, 0) is 31.4 Å². The molecule has 1 heterocycles. The first kappa shape index (κ1) is 10.6. The SMILES string of the molecule is CC(C)=CC(=O)c1cccc2cnccc12. The molecule has 0 radical (unpaired) electrons. The van der Waals surface area contributed by atoms with Gasteiger partial charge >= 0.3 is 0 Å². The van der Waals surface area contributed by atoms with Gasteiger partial charge in [0.05, 0.1) is 0 Å². The minimum Gasteiger partial charge on any atom is -0.289 e. The van der Waals surface area contributed by atoms with Crippen LogP contribution in [0.25, 0.3) is 10.8 Å². The summed E-state index contributed by atoms with van der Waals surface area (Å²) in [5.41, 5.74) is 1.75. The maximum absolute atomic E-state index is 12.0. The molecule has 2 nitrogen and oxygen atoms in total. The van der Waals surface area contributed by atoms with Crippen molar-refractivity contribution in [1.29, 1.82) is 0 Å². The first-order valence-electron chi connectivity index (χ1n) is 5.20. The number of ketones is 1. The van der Waals surface area contributed by atoms with Gasteiger partial charge in [0.25, 0.3) is 0 Å². The van der Waals surface area contributed by atoms with Gasteiger partial charge in [0, 0.05) is 23.3 Å². The van der Waals surface area contributed by atoms with Crippen LogP contribution in [0, 0.1) is 0 Å². The summed E-state index contributed by atoms with van der Waals surface area (Å²) in [5.74, 6) is 0.0526. The molecule has 0 bridgehead atoms. The van der Waals surface area contributed by atoms with E-state index in [1.807, 2.05) is 38.1 Å². The third kappa shape index (κ3) is 2.01. The molecule has 16 heavy (non-hydrogen) atoms. The lowest BCUT2D eigenvalue weighted by Crippen LogP contribution is -1.96. The number of carbonyl (C=O) groups excluding carboxylic acids is 1. The molecule has 0 aliphatic rings. The molecule has 0 aliphatic carbocycles. The Balaban J connectivity index is 2.61. The molecular formula is C14H13NO. The van der Waals surface area contributed by atoms with Crippen LogP contribution in [0.5, 0.6) is 0 Å². The number of rotatable bonds is 2. The summed E-state index contributed by atoms with van der Waals surface area (Å²) in [6, 6.07) is 7.57. The molecule has 0 saturated heterocycles. The third-order valence-electron chi connectivity index (χ3n) is 2.37. The molecule has 0 fully saturated rings. The van der Waals surface area contributed by atoms with Crippen molar-refractivity contribution in [1.82, 2.24) is 4.98 Å². The van der Waals surface area contributed by atoms with E-state index in [0.29, 0.717) is 0 Å². The van der Waals surface area contributed by atoms with Gasteiger partial charge in [0.1, 0.15) is 0 Å². The lowest BCUT2D eigenvalue weighted by molar-refractivity contribution is 0.104. The number of hydrogen-bond donors (Lipinski definition) is 0. The van der Waals surface area contributed by atoms with Crippen LogP contribution >= 0.6 is 0 Å². The van der Waals surface area contributed by atoms with Gasteiger partial charge < -0.3 is 0 Å². The van der Waals surface area contributed by atoms with E-state index in [2.05, 4.69) is 4.98 Å². The molecular weight excluding hydrogens is 198 g/mol. The van der Waals surface area contributed by atoms with Crippen LogP contribution in [-0.2, 0) is 0 Å². The Kier molecular flexibility index (Phi) is 2.82. The topological polar surface area (TPSA) is 30.0 Å². The summed E-state index contributed by atoms with van der Waals surface area (Å²) >= 11 is 0. The van der Waals surface area contributed by atoms with E-state index in [4.69, 9.17) is 0 Å². The van der Waals surface area contributed by atoms with E-state index in [9.17, 15) is 4.79 Å². The van der Waals surface area contributed by atoms with Crippen molar-refractivity contribution in [2.45, 2.75) is 13.8 Å². The summed E-state index contributed by atoms with van der Waals surface area (Å²) in [5, 5.41) is 1.95. The smallest absolute Gasteiger partial charge is 0.186 e. The number of nitrogens with zero attached hydrogens (tertiary/aromatic N) is 1. The highest BCUT2D eigenvalue weighted by molar-refractivity contribution is 6.13. The molecule has 2 aromatic rings. The minimum absolute atomic E-state index is 0.0526. The first-order valence-corrected chi connectivity index (χ1v) is 5.20. The average molecular weight is 211 g/mol. The molecule has 2 rings (SSSR count). The summed E-state index contributed by atoms with van der Waals surface area (Å²) in [7, 11) is 0. The first-order chi connectivity index (χ1) is 7.68. The Morgan fingerprint density at radius 1 is 1.25 bits per heavy atom. The Hall–Kier alpha value is -1.96. The van der Waals surface area contributed by atoms with Gasteiger partial charge in [0.15, 0.2) is 5.78 Å². The predicted octanol–water partition coefficient (Wildman–Crippen LogP) is 3.38. The molecule has 0 amide bonds. The second-order valence-electron chi connectivity index (χ2n) is 3.99. The highest BCUT2D eigenvalue weighted by atomic mass is 16.1. The molecule has 0 N–H and O–H groups in total. The van der Waals surface area contributed by atoms with Gasteiger partial charge in [-0.15, -0.1) is 0 Å². The normalized spacial score (nSPS) is 10.1. The van der Waals surface area contributed by atoms with Gasteiger partial charge in [0.2, 0.25) is 0 Å². The fourth-order valence-corrected chi connectivity index (χ4v) is 1.68. The van der Waals surface area contributed by atoms with E-state index in [1.165, 1.54) is 0 Å². The standard InChI is InChI=1S/C14H13NO/c1-10(2)8-14(16)13-5-3-4-11-9-15-7-6-12(11)13/h3-9H,1-2H3. The van der Waals surface area contributed by atoms with Crippen molar-refractivity contribution in [2.75, 3.05) is 0 Å². The number of allylic oxidation sites excluding steroid dienone is 2. The van der Waals surface area contributed by atoms with Crippen molar-refractivity contribution in [2.24, 2.45) is 0 Å². The van der Waals surface area contributed by atoms with Gasteiger partial charge in [-0.1, -0.05) is 23.8 Å². The number of hydrogen-bond acceptors (Lipinski definition) is 2. The molecule has 0 aliphatic heterocycles. The maximum atomic E-state index is 12.0. The molecule has 0 unspecified atom stereocenters. The predicted molar refractivity (Wildman–Crippen MR) is 65.5 cm³/mol. The zero-order chi connectivity index (χ0) is 11.5. The number of pyridine rings is 1. The molecule has 0 saturated carbocycles. The maximum Gasteiger partial charge on any atom is 0.186 e. The quantitative estimate of drug-likeness (QED) is 0.563. The van der Waals surface area contributed by atoms with Crippen LogP contribution in [0.2, 0.25) is 0 Å². The van der Waals surface area contributed by atoms with Crippen molar-refractivity contribution < 1.29 is 4.79 Å². The van der Waals surface area contributed by atoms with Crippen molar-refractivity contribution in [3.8, 4) is 0 Å². The largest absolute Gasteiger partial charge is 0.289 e. The molecule has 1 aromatic heterocycles. The van der Waals surface area contributed by atoms with E-state index in [1.54, 1.807) is 18.5 Å². The molecule has 2 heteroatoms. The lowest BCUT2D eigenvalue weighted by atomic mass is 10.0. The fourth-order valence-electron chi connectivity index (χ4n) is 1.68. The Bertz CT molecular complexity index is 560. The van der Waals surface area contributed by atoms with Crippen molar-refractivity contribution >= 4 is 16.6 Å². The summed E-state index contributed by atoms with van der Waals surface area (Å²) < 4.78 is 0.